The largest absolute Gasteiger partial charge is 0.328 e. The molecule has 2 N–H and O–H groups in total. The molecule has 1 amide bonds. The van der Waals surface area contributed by atoms with Gasteiger partial charge in [0.2, 0.25) is 10.7 Å². The fourth-order valence-corrected chi connectivity index (χ4v) is 4.01. The van der Waals surface area contributed by atoms with Crippen molar-refractivity contribution in [1.29, 1.82) is 0 Å². The summed E-state index contributed by atoms with van der Waals surface area (Å²) in [5.41, 5.74) is 3.10. The van der Waals surface area contributed by atoms with E-state index in [4.69, 9.17) is 0 Å². The van der Waals surface area contributed by atoms with Gasteiger partial charge in [0.1, 0.15) is 0 Å². The molecule has 0 radical (unpaired) electrons. The molecule has 0 saturated carbocycles. The van der Waals surface area contributed by atoms with E-state index in [0.717, 1.165) is 10.2 Å². The molecule has 0 aliphatic rings. The number of H-pyrrole nitrogens is 1. The predicted octanol–water partition coefficient (Wildman–Crippen LogP) is 1.27. The zero-order chi connectivity index (χ0) is 19.7. The zero-order valence-corrected chi connectivity index (χ0v) is 15.8. The fourth-order valence-electron chi connectivity index (χ4n) is 3.03. The van der Waals surface area contributed by atoms with Gasteiger partial charge in [0.05, 0.1) is 21.1 Å². The van der Waals surface area contributed by atoms with Gasteiger partial charge in [-0.05, 0) is 24.3 Å². The summed E-state index contributed by atoms with van der Waals surface area (Å²) >= 11 is 1.47. The number of hydrogen-bond donors (Lipinski definition) is 2. The van der Waals surface area contributed by atoms with E-state index in [1.807, 2.05) is 35.9 Å². The van der Waals surface area contributed by atoms with Gasteiger partial charge in [0.15, 0.2) is 0 Å². The lowest BCUT2D eigenvalue weighted by Gasteiger charge is -2.08. The molecule has 0 aliphatic heterocycles. The van der Waals surface area contributed by atoms with Gasteiger partial charge in [-0.3, -0.25) is 19.1 Å². The van der Waals surface area contributed by atoms with E-state index in [9.17, 15) is 14.4 Å². The molecule has 2 heterocycles. The molecule has 0 saturated heterocycles. The van der Waals surface area contributed by atoms with Gasteiger partial charge >= 0.3 is 5.69 Å². The van der Waals surface area contributed by atoms with Crippen molar-refractivity contribution in [2.75, 3.05) is 0 Å². The predicted molar refractivity (Wildman–Crippen MR) is 108 cm³/mol. The van der Waals surface area contributed by atoms with Crippen LogP contribution in [0.1, 0.15) is 6.42 Å². The van der Waals surface area contributed by atoms with E-state index in [-0.39, 0.29) is 18.9 Å². The molecule has 2 aromatic heterocycles. The van der Waals surface area contributed by atoms with Gasteiger partial charge in [0.25, 0.3) is 5.56 Å². The first-order valence-corrected chi connectivity index (χ1v) is 9.45. The van der Waals surface area contributed by atoms with E-state index >= 15 is 0 Å². The van der Waals surface area contributed by atoms with Crippen molar-refractivity contribution in [1.82, 2.24) is 19.5 Å². The molecular weight excluding hydrogens is 378 g/mol. The summed E-state index contributed by atoms with van der Waals surface area (Å²) in [5.74, 6) is -0.320. The third-order valence-electron chi connectivity index (χ3n) is 4.46. The average Bonchev–Trinajstić information content (AvgIpc) is 3.02. The lowest BCUT2D eigenvalue weighted by atomic mass is 10.2. The van der Waals surface area contributed by atoms with Gasteiger partial charge in [-0.15, -0.1) is 5.10 Å². The number of aryl methyl sites for hydroxylation is 2. The highest BCUT2D eigenvalue weighted by molar-refractivity contribution is 7.16. The van der Waals surface area contributed by atoms with Gasteiger partial charge in [-0.2, -0.15) is 0 Å². The van der Waals surface area contributed by atoms with E-state index in [2.05, 4.69) is 15.5 Å². The Bertz CT molecular complexity index is 1380. The van der Waals surface area contributed by atoms with E-state index in [1.54, 1.807) is 24.3 Å². The fraction of sp³-hybridized carbons (Fsp3) is 0.158. The number of nitrogens with zero attached hydrogens (tertiary/aromatic N) is 3. The van der Waals surface area contributed by atoms with Crippen LogP contribution in [0.3, 0.4) is 0 Å². The van der Waals surface area contributed by atoms with Crippen LogP contribution in [0.25, 0.3) is 21.1 Å². The molecular formula is C19H17N5O3S. The van der Waals surface area contributed by atoms with Crippen LogP contribution >= 0.6 is 11.3 Å². The van der Waals surface area contributed by atoms with Crippen LogP contribution in [0.2, 0.25) is 0 Å². The Morgan fingerprint density at radius 2 is 1.82 bits per heavy atom. The minimum atomic E-state index is -0.538. The monoisotopic (exact) mass is 395 g/mol. The summed E-state index contributed by atoms with van der Waals surface area (Å²) in [5, 5.41) is 4.60. The highest BCUT2D eigenvalue weighted by atomic mass is 32.1. The maximum absolute atomic E-state index is 12.2. The molecule has 8 nitrogen and oxygen atoms in total. The number of carbonyl (C=O) groups is 1. The molecule has 4 aromatic rings. The van der Waals surface area contributed by atoms with E-state index in [0.29, 0.717) is 15.7 Å². The Balaban J connectivity index is 1.54. The minimum Gasteiger partial charge on any atom is -0.318 e. The van der Waals surface area contributed by atoms with Crippen molar-refractivity contribution in [2.24, 2.45) is 12.1 Å². The summed E-state index contributed by atoms with van der Waals surface area (Å²) in [6, 6.07) is 14.7. The Hall–Kier alpha value is -3.46. The highest BCUT2D eigenvalue weighted by Crippen LogP contribution is 2.14. The first-order valence-electron chi connectivity index (χ1n) is 8.63. The number of rotatable bonds is 4. The molecule has 142 valence electrons. The van der Waals surface area contributed by atoms with Gasteiger partial charge in [-0.1, -0.05) is 35.6 Å². The summed E-state index contributed by atoms with van der Waals surface area (Å²) in [6.07, 6.45) is 0.0497. The van der Waals surface area contributed by atoms with Gasteiger partial charge < -0.3 is 4.57 Å². The third-order valence-corrected chi connectivity index (χ3v) is 5.57. The Labute approximate surface area is 162 Å². The molecule has 0 unspecified atom stereocenters. The second kappa shape index (κ2) is 7.28. The van der Waals surface area contributed by atoms with Crippen LogP contribution in [0.15, 0.2) is 63.2 Å². The third kappa shape index (κ3) is 3.27. The summed E-state index contributed by atoms with van der Waals surface area (Å²) in [6.45, 7) is 0.135. The number of aromatic amines is 1. The number of hydrogen-bond acceptors (Lipinski definition) is 5. The van der Waals surface area contributed by atoms with Crippen LogP contribution in [-0.2, 0) is 18.4 Å². The molecule has 9 heteroatoms. The van der Waals surface area contributed by atoms with Crippen LogP contribution in [0, 0.1) is 0 Å². The average molecular weight is 395 g/mol. The first-order chi connectivity index (χ1) is 13.5. The van der Waals surface area contributed by atoms with Crippen molar-refractivity contribution < 1.29 is 4.79 Å². The lowest BCUT2D eigenvalue weighted by Crippen LogP contribution is -2.32. The minimum absolute atomic E-state index is 0.0497. The van der Waals surface area contributed by atoms with Crippen molar-refractivity contribution in [2.45, 2.75) is 13.0 Å². The van der Waals surface area contributed by atoms with Crippen molar-refractivity contribution in [3.8, 4) is 0 Å². The number of thiazole rings is 1. The maximum atomic E-state index is 12.2. The highest BCUT2D eigenvalue weighted by Gasteiger charge is 2.09. The quantitative estimate of drug-likeness (QED) is 0.509. The SMILES string of the molecule is Cn1/c(=N/NC(=O)CCn2c(=O)[nH]c(=O)c3ccccc32)sc2ccccc21. The number of amides is 1. The molecule has 0 spiro atoms. The molecule has 0 fully saturated rings. The van der Waals surface area contributed by atoms with Crippen LogP contribution in [0.4, 0.5) is 0 Å². The second-order valence-electron chi connectivity index (χ2n) is 6.24. The Kier molecular flexibility index (Phi) is 4.66. The van der Waals surface area contributed by atoms with Crippen LogP contribution in [0.5, 0.6) is 0 Å². The van der Waals surface area contributed by atoms with E-state index in [1.165, 1.54) is 15.9 Å². The molecule has 28 heavy (non-hydrogen) atoms. The Morgan fingerprint density at radius 3 is 2.61 bits per heavy atom. The number of fused-ring (bicyclic) bond motifs is 2. The molecule has 4 rings (SSSR count). The van der Waals surface area contributed by atoms with Crippen LogP contribution in [-0.4, -0.2) is 20.0 Å². The van der Waals surface area contributed by atoms with E-state index < -0.39 is 11.2 Å². The molecule has 2 aromatic carbocycles. The van der Waals surface area contributed by atoms with Crippen LogP contribution < -0.4 is 21.5 Å². The number of nitrogens with one attached hydrogen (secondary N) is 2. The lowest BCUT2D eigenvalue weighted by molar-refractivity contribution is -0.121. The summed E-state index contributed by atoms with van der Waals surface area (Å²) in [4.78, 5) is 39.2. The molecule has 0 bridgehead atoms. The van der Waals surface area contributed by atoms with Crippen molar-refractivity contribution in [3.05, 3.63) is 74.2 Å². The second-order valence-corrected chi connectivity index (χ2v) is 7.25. The molecule has 0 atom stereocenters. The summed E-state index contributed by atoms with van der Waals surface area (Å²) < 4.78 is 4.36. The smallest absolute Gasteiger partial charge is 0.318 e. The van der Waals surface area contributed by atoms with Crippen molar-refractivity contribution in [3.63, 3.8) is 0 Å². The number of aromatic nitrogens is 3. The topological polar surface area (TPSA) is 101 Å². The standard InChI is InChI=1S/C19H17N5O3S/c1-23-14-8-4-5-9-15(14)28-19(23)22-21-16(25)10-11-24-13-7-3-2-6-12(13)17(26)20-18(24)27/h2-9H,10-11H2,1H3,(H,21,25)(H,20,26,27)/b22-19-. The number of carbonyl (C=O) groups excluding carboxylic acids is 1. The van der Waals surface area contributed by atoms with Crippen molar-refractivity contribution >= 4 is 38.4 Å². The Morgan fingerprint density at radius 1 is 1.11 bits per heavy atom. The molecule has 0 aliphatic carbocycles. The van der Waals surface area contributed by atoms with Gasteiger partial charge in [-0.25, -0.2) is 10.2 Å². The first kappa shape index (κ1) is 17.9. The maximum Gasteiger partial charge on any atom is 0.328 e. The number of benzene rings is 2. The van der Waals surface area contributed by atoms with Gasteiger partial charge in [0, 0.05) is 20.0 Å². The normalized spacial score (nSPS) is 12.0. The summed E-state index contributed by atoms with van der Waals surface area (Å²) in [7, 11) is 1.88. The number of para-hydroxylation sites is 2. The zero-order valence-electron chi connectivity index (χ0n) is 15.0.